The number of hydrogen-bond donors (Lipinski definition) is 0. The van der Waals surface area contributed by atoms with Crippen LogP contribution in [0.5, 0.6) is 0 Å². The third-order valence-corrected chi connectivity index (χ3v) is 1.90. The molecule has 1 amide bonds. The van der Waals surface area contributed by atoms with Gasteiger partial charge in [-0.25, -0.2) is 0 Å². The molecule has 1 aliphatic heterocycles. The molecule has 0 aromatic heterocycles. The number of rotatable bonds is 1. The maximum absolute atomic E-state index is 11.3. The molecule has 0 aromatic carbocycles. The predicted octanol–water partition coefficient (Wildman–Crippen LogP) is -1.29. The van der Waals surface area contributed by atoms with Crippen molar-refractivity contribution in [2.24, 2.45) is 0 Å². The zero-order chi connectivity index (χ0) is 10.0. The second kappa shape index (κ2) is 3.47. The highest BCUT2D eigenvalue weighted by atomic mass is 16.5. The number of hydrogen-bond acceptors (Lipinski definition) is 3. The highest BCUT2D eigenvalue weighted by Crippen LogP contribution is 2.05. The first kappa shape index (κ1) is 9.57. The first-order valence-corrected chi connectivity index (χ1v) is 3.66. The first-order valence-electron chi connectivity index (χ1n) is 3.66. The molecule has 70 valence electrons. The normalized spacial score (nSPS) is 23.4. The summed E-state index contributed by atoms with van der Waals surface area (Å²) in [4.78, 5) is 26.4. The molecule has 1 saturated heterocycles. The fourth-order valence-corrected chi connectivity index (χ4v) is 1.13. The number of piperidine rings is 1. The monoisotopic (exact) mass is 183 g/mol. The second-order valence-electron chi connectivity index (χ2n) is 2.72. The van der Waals surface area contributed by atoms with Crippen LogP contribution < -0.4 is 0 Å². The van der Waals surface area contributed by atoms with E-state index in [1.54, 1.807) is 0 Å². The van der Waals surface area contributed by atoms with E-state index in [1.165, 1.54) is 19.1 Å². The molecule has 1 atom stereocenters. The number of methoxy groups -OCH3 is 1. The maximum Gasteiger partial charge on any atom is 0.424 e. The third kappa shape index (κ3) is 1.49. The van der Waals surface area contributed by atoms with Crippen molar-refractivity contribution in [2.75, 3.05) is 20.7 Å². The molecule has 0 N–H and O–H groups in total. The summed E-state index contributed by atoms with van der Waals surface area (Å²) < 4.78 is 4.82. The van der Waals surface area contributed by atoms with Crippen molar-refractivity contribution in [3.63, 3.8) is 0 Å². The molecule has 0 saturated carbocycles. The minimum atomic E-state index is -0.728. The Morgan fingerprint density at radius 2 is 2.23 bits per heavy atom. The van der Waals surface area contributed by atoms with Gasteiger partial charge in [0, 0.05) is 14.2 Å². The molecular formula is C7H9N3O3. The smallest absolute Gasteiger partial charge is 0.371 e. The minimum absolute atomic E-state index is 0.188. The van der Waals surface area contributed by atoms with Crippen LogP contribution in [-0.2, 0) is 14.3 Å². The molecule has 0 radical (unpaired) electrons. The van der Waals surface area contributed by atoms with Gasteiger partial charge >= 0.3 is 11.6 Å². The quantitative estimate of drug-likeness (QED) is 0.374. The van der Waals surface area contributed by atoms with Crippen molar-refractivity contribution >= 4 is 17.4 Å². The Balaban J connectivity index is 3.02. The largest absolute Gasteiger partial charge is 0.424 e. The van der Waals surface area contributed by atoms with Crippen LogP contribution in [0.2, 0.25) is 0 Å². The van der Waals surface area contributed by atoms with Gasteiger partial charge in [0.15, 0.2) is 0 Å². The number of carbonyl (C=O) groups excluding carboxylic acids is 2. The zero-order valence-corrected chi connectivity index (χ0v) is 7.35. The number of ether oxygens (including phenoxy) is 1. The molecule has 0 aliphatic carbocycles. The molecule has 1 aliphatic rings. The van der Waals surface area contributed by atoms with E-state index < -0.39 is 23.5 Å². The van der Waals surface area contributed by atoms with Gasteiger partial charge in [-0.15, -0.1) is 0 Å². The summed E-state index contributed by atoms with van der Waals surface area (Å²) in [7, 11) is 2.87. The highest BCUT2D eigenvalue weighted by Gasteiger charge is 2.43. The Morgan fingerprint density at radius 1 is 1.62 bits per heavy atom. The summed E-state index contributed by atoms with van der Waals surface area (Å²) in [5.74, 6) is -1.16. The van der Waals surface area contributed by atoms with E-state index in [0.717, 1.165) is 0 Å². The van der Waals surface area contributed by atoms with Gasteiger partial charge in [0.25, 0.3) is 5.78 Å². The number of likely N-dealkylation sites (N-methyl/N-ethyl adjacent to an activating group) is 1. The van der Waals surface area contributed by atoms with E-state index in [2.05, 4.69) is 4.79 Å². The van der Waals surface area contributed by atoms with Gasteiger partial charge in [0.05, 0.1) is 6.54 Å². The maximum atomic E-state index is 11.3. The molecule has 1 rings (SSSR count). The van der Waals surface area contributed by atoms with Crippen molar-refractivity contribution in [3.05, 3.63) is 5.53 Å². The Bertz CT molecular complexity index is 306. The van der Waals surface area contributed by atoms with E-state index in [9.17, 15) is 9.59 Å². The minimum Gasteiger partial charge on any atom is -0.371 e. The fraction of sp³-hybridized carbons (Fsp3) is 0.571. The summed E-state index contributed by atoms with van der Waals surface area (Å²) in [6.07, 6.45) is -0.728. The third-order valence-electron chi connectivity index (χ3n) is 1.90. The lowest BCUT2D eigenvalue weighted by atomic mass is 10.0. The Kier molecular flexibility index (Phi) is 2.55. The molecule has 6 heteroatoms. The van der Waals surface area contributed by atoms with E-state index >= 15 is 0 Å². The molecule has 1 fully saturated rings. The van der Waals surface area contributed by atoms with Crippen LogP contribution in [0, 0.1) is 0 Å². The predicted molar refractivity (Wildman–Crippen MR) is 42.1 cm³/mol. The van der Waals surface area contributed by atoms with E-state index in [0.29, 0.717) is 0 Å². The van der Waals surface area contributed by atoms with Gasteiger partial charge in [0.1, 0.15) is 6.10 Å². The van der Waals surface area contributed by atoms with E-state index in [1.807, 2.05) is 0 Å². The molecular weight excluding hydrogens is 174 g/mol. The van der Waals surface area contributed by atoms with Gasteiger partial charge in [-0.1, -0.05) is 0 Å². The molecule has 1 unspecified atom stereocenters. The van der Waals surface area contributed by atoms with Crippen LogP contribution in [-0.4, -0.2) is 53.9 Å². The molecule has 0 bridgehead atoms. The Morgan fingerprint density at radius 3 is 2.69 bits per heavy atom. The summed E-state index contributed by atoms with van der Waals surface area (Å²) in [6, 6.07) is 0. The number of nitrogens with zero attached hydrogens (tertiary/aromatic N) is 3. The van der Waals surface area contributed by atoms with Gasteiger partial charge in [-0.05, 0) is 0 Å². The molecule has 0 spiro atoms. The molecule has 1 heterocycles. The van der Waals surface area contributed by atoms with E-state index in [4.69, 9.17) is 10.3 Å². The van der Waals surface area contributed by atoms with Crippen molar-refractivity contribution in [3.8, 4) is 0 Å². The number of likely N-dealkylation sites (tertiary alicyclic amines) is 1. The average molecular weight is 183 g/mol. The summed E-state index contributed by atoms with van der Waals surface area (Å²) in [6.45, 7) is 0.188. The van der Waals surface area contributed by atoms with Crippen LogP contribution in [0.15, 0.2) is 0 Å². The van der Waals surface area contributed by atoms with Crippen LogP contribution in [0.4, 0.5) is 0 Å². The summed E-state index contributed by atoms with van der Waals surface area (Å²) >= 11 is 0. The van der Waals surface area contributed by atoms with Crippen LogP contribution >= 0.6 is 0 Å². The van der Waals surface area contributed by atoms with Gasteiger partial charge in [-0.2, -0.15) is 4.79 Å². The summed E-state index contributed by atoms with van der Waals surface area (Å²) in [5, 5.41) is 0. The molecule has 6 nitrogen and oxygen atoms in total. The Labute approximate surface area is 74.7 Å². The second-order valence-corrected chi connectivity index (χ2v) is 2.72. The number of Topliss-reactive ketones (excluding diaryl/α,β-unsaturated/α-hetero) is 1. The fourth-order valence-electron chi connectivity index (χ4n) is 1.13. The Hall–Kier alpha value is -1.52. The lowest BCUT2D eigenvalue weighted by Crippen LogP contribution is -2.53. The van der Waals surface area contributed by atoms with Gasteiger partial charge in [0.2, 0.25) is 0 Å². The van der Waals surface area contributed by atoms with Crippen LogP contribution in [0.3, 0.4) is 0 Å². The molecule has 13 heavy (non-hydrogen) atoms. The van der Waals surface area contributed by atoms with Crippen LogP contribution in [0.1, 0.15) is 0 Å². The zero-order valence-electron chi connectivity index (χ0n) is 7.35. The van der Waals surface area contributed by atoms with Crippen molar-refractivity contribution in [2.45, 2.75) is 6.10 Å². The number of carbonyl (C=O) groups is 2. The molecule has 0 aromatic rings. The van der Waals surface area contributed by atoms with Crippen molar-refractivity contribution in [1.82, 2.24) is 4.90 Å². The van der Waals surface area contributed by atoms with Crippen molar-refractivity contribution in [1.29, 1.82) is 0 Å². The number of amides is 1. The van der Waals surface area contributed by atoms with E-state index in [-0.39, 0.29) is 6.54 Å². The number of ketones is 1. The topological polar surface area (TPSA) is 83.0 Å². The standard InChI is InChI=1S/C7H9N3O3/c1-10-3-4(13-2)6(11)5(9-8)7(10)12/h4H,3H2,1-2H3. The van der Waals surface area contributed by atoms with Crippen molar-refractivity contribution < 1.29 is 19.1 Å². The highest BCUT2D eigenvalue weighted by molar-refractivity contribution is 6.65. The SMILES string of the molecule is COC1CN(C)C(=O)C(=[N+]=[N-])C1=O. The average Bonchev–Trinajstić information content (AvgIpc) is 2.12. The lowest BCUT2D eigenvalue weighted by molar-refractivity contribution is -0.141. The van der Waals surface area contributed by atoms with Gasteiger partial charge in [-0.3, -0.25) is 9.59 Å². The van der Waals surface area contributed by atoms with Crippen LogP contribution in [0.25, 0.3) is 5.53 Å². The summed E-state index contributed by atoms with van der Waals surface area (Å²) in [5.41, 5.74) is 7.96. The lowest BCUT2D eigenvalue weighted by Gasteiger charge is -2.24. The van der Waals surface area contributed by atoms with Gasteiger partial charge < -0.3 is 15.2 Å². The first-order chi connectivity index (χ1) is 6.11.